The Bertz CT molecular complexity index is 594. The first-order valence-electron chi connectivity index (χ1n) is 6.24. The van der Waals surface area contributed by atoms with Crippen LogP contribution in [0.2, 0.25) is 0 Å². The molecule has 2 N–H and O–H groups in total. The minimum absolute atomic E-state index is 0.145. The van der Waals surface area contributed by atoms with Gasteiger partial charge in [-0.2, -0.15) is 5.10 Å². The first-order chi connectivity index (χ1) is 9.63. The molecule has 0 spiro atoms. The Morgan fingerprint density at radius 1 is 1.45 bits per heavy atom. The molecule has 6 heteroatoms. The van der Waals surface area contributed by atoms with Gasteiger partial charge in [-0.3, -0.25) is 9.48 Å². The van der Waals surface area contributed by atoms with E-state index in [1.807, 2.05) is 31.4 Å². The summed E-state index contributed by atoms with van der Waals surface area (Å²) in [4.78, 5) is 12.3. The zero-order valence-corrected chi connectivity index (χ0v) is 11.8. The first-order valence-corrected chi connectivity index (χ1v) is 6.24. The molecule has 0 radical (unpaired) electrons. The van der Waals surface area contributed by atoms with Crippen LogP contribution < -0.4 is 15.4 Å². The molecule has 0 bridgehead atoms. The molecule has 1 heterocycles. The number of carbonyl (C=O) groups excluding carboxylic acids is 1. The molecule has 0 saturated carbocycles. The second kappa shape index (κ2) is 6.21. The van der Waals surface area contributed by atoms with E-state index >= 15 is 0 Å². The highest BCUT2D eigenvalue weighted by atomic mass is 16.5. The number of nitrogens with zero attached hydrogens (tertiary/aromatic N) is 2. The molecule has 0 saturated heterocycles. The van der Waals surface area contributed by atoms with Crippen molar-refractivity contribution < 1.29 is 9.53 Å². The van der Waals surface area contributed by atoms with Gasteiger partial charge >= 0.3 is 0 Å². The summed E-state index contributed by atoms with van der Waals surface area (Å²) in [6.07, 6.45) is 3.48. The Morgan fingerprint density at radius 2 is 2.25 bits per heavy atom. The maximum atomic E-state index is 12.3. The Labute approximate surface area is 117 Å². The van der Waals surface area contributed by atoms with Crippen molar-refractivity contribution in [3.63, 3.8) is 0 Å². The SMILES string of the molecule is CNC(C(=O)Nc1cccc(OC)c1)c1cnn(C)c1. The second-order valence-corrected chi connectivity index (χ2v) is 4.39. The van der Waals surface area contributed by atoms with Crippen LogP contribution in [0.5, 0.6) is 5.75 Å². The summed E-state index contributed by atoms with van der Waals surface area (Å²) in [5.41, 5.74) is 1.51. The Kier molecular flexibility index (Phi) is 4.37. The molecule has 2 aromatic rings. The minimum atomic E-state index is -0.449. The fraction of sp³-hybridized carbons (Fsp3) is 0.286. The molecule has 0 aliphatic rings. The fourth-order valence-electron chi connectivity index (χ4n) is 1.95. The number of hydrogen-bond acceptors (Lipinski definition) is 4. The monoisotopic (exact) mass is 274 g/mol. The third-order valence-electron chi connectivity index (χ3n) is 2.95. The highest BCUT2D eigenvalue weighted by molar-refractivity contribution is 5.95. The van der Waals surface area contributed by atoms with Gasteiger partial charge in [-0.25, -0.2) is 0 Å². The first kappa shape index (κ1) is 14.1. The largest absolute Gasteiger partial charge is 0.497 e. The zero-order chi connectivity index (χ0) is 14.5. The van der Waals surface area contributed by atoms with Crippen molar-refractivity contribution in [2.45, 2.75) is 6.04 Å². The molecule has 1 unspecified atom stereocenters. The lowest BCUT2D eigenvalue weighted by Gasteiger charge is -2.15. The Balaban J connectivity index is 2.13. The maximum absolute atomic E-state index is 12.3. The average Bonchev–Trinajstić information content (AvgIpc) is 2.86. The number of carbonyl (C=O) groups is 1. The second-order valence-electron chi connectivity index (χ2n) is 4.39. The van der Waals surface area contributed by atoms with Crippen molar-refractivity contribution in [3.05, 3.63) is 42.2 Å². The minimum Gasteiger partial charge on any atom is -0.497 e. The summed E-state index contributed by atoms with van der Waals surface area (Å²) < 4.78 is 6.80. The molecule has 0 aliphatic carbocycles. The van der Waals surface area contributed by atoms with Gasteiger partial charge in [0.1, 0.15) is 11.8 Å². The molecule has 0 fully saturated rings. The highest BCUT2D eigenvalue weighted by Gasteiger charge is 2.20. The van der Waals surface area contributed by atoms with Crippen LogP contribution >= 0.6 is 0 Å². The number of aromatic nitrogens is 2. The van der Waals surface area contributed by atoms with Crippen molar-refractivity contribution in [2.75, 3.05) is 19.5 Å². The number of amides is 1. The lowest BCUT2D eigenvalue weighted by Crippen LogP contribution is -2.30. The van der Waals surface area contributed by atoms with Crippen molar-refractivity contribution in [2.24, 2.45) is 7.05 Å². The van der Waals surface area contributed by atoms with Gasteiger partial charge in [0.2, 0.25) is 5.91 Å². The molecule has 1 atom stereocenters. The number of methoxy groups -OCH3 is 1. The summed E-state index contributed by atoms with van der Waals surface area (Å²) in [5.74, 6) is 0.555. The van der Waals surface area contributed by atoms with Gasteiger partial charge in [0.05, 0.1) is 13.3 Å². The molecule has 20 heavy (non-hydrogen) atoms. The van der Waals surface area contributed by atoms with Crippen molar-refractivity contribution >= 4 is 11.6 Å². The predicted molar refractivity (Wildman–Crippen MR) is 76.6 cm³/mol. The number of ether oxygens (including phenoxy) is 1. The Morgan fingerprint density at radius 3 is 2.85 bits per heavy atom. The average molecular weight is 274 g/mol. The highest BCUT2D eigenvalue weighted by Crippen LogP contribution is 2.19. The number of hydrogen-bond donors (Lipinski definition) is 2. The lowest BCUT2D eigenvalue weighted by molar-refractivity contribution is -0.118. The number of benzene rings is 1. The van der Waals surface area contributed by atoms with E-state index in [4.69, 9.17) is 4.74 Å². The van der Waals surface area contributed by atoms with E-state index in [-0.39, 0.29) is 5.91 Å². The molecule has 1 aromatic heterocycles. The van der Waals surface area contributed by atoms with Gasteiger partial charge in [-0.1, -0.05) is 6.07 Å². The van der Waals surface area contributed by atoms with Crippen molar-refractivity contribution in [3.8, 4) is 5.75 Å². The number of rotatable bonds is 5. The topological polar surface area (TPSA) is 68.2 Å². The van der Waals surface area contributed by atoms with Gasteiger partial charge in [0.25, 0.3) is 0 Å². The van der Waals surface area contributed by atoms with Gasteiger partial charge in [0, 0.05) is 30.6 Å². The quantitative estimate of drug-likeness (QED) is 0.863. The van der Waals surface area contributed by atoms with Crippen LogP contribution in [0.1, 0.15) is 11.6 Å². The van der Waals surface area contributed by atoms with E-state index in [0.717, 1.165) is 5.56 Å². The third kappa shape index (κ3) is 3.16. The van der Waals surface area contributed by atoms with Crippen molar-refractivity contribution in [1.29, 1.82) is 0 Å². The van der Waals surface area contributed by atoms with Crippen LogP contribution in [0.15, 0.2) is 36.7 Å². The standard InChI is InChI=1S/C14H18N4O2/c1-15-13(10-8-16-18(2)9-10)14(19)17-11-5-4-6-12(7-11)20-3/h4-9,13,15H,1-3H3,(H,17,19). The summed E-state index contributed by atoms with van der Waals surface area (Å²) in [7, 11) is 5.14. The van der Waals surface area contributed by atoms with Crippen LogP contribution in [0.25, 0.3) is 0 Å². The van der Waals surface area contributed by atoms with Crippen LogP contribution in [0, 0.1) is 0 Å². The van der Waals surface area contributed by atoms with E-state index in [1.54, 1.807) is 31.1 Å². The molecule has 6 nitrogen and oxygen atoms in total. The normalized spacial score (nSPS) is 11.9. The summed E-state index contributed by atoms with van der Waals surface area (Å²) in [6.45, 7) is 0. The van der Waals surface area contributed by atoms with Gasteiger partial charge in [0.15, 0.2) is 0 Å². The third-order valence-corrected chi connectivity index (χ3v) is 2.95. The predicted octanol–water partition coefficient (Wildman–Crippen LogP) is 1.33. The molecular formula is C14H18N4O2. The zero-order valence-electron chi connectivity index (χ0n) is 11.8. The molecule has 106 valence electrons. The summed E-state index contributed by atoms with van der Waals surface area (Å²) >= 11 is 0. The van der Waals surface area contributed by atoms with Crippen LogP contribution in [0.4, 0.5) is 5.69 Å². The summed E-state index contributed by atoms with van der Waals surface area (Å²) in [5, 5.41) is 9.92. The molecule has 0 aliphatic heterocycles. The van der Waals surface area contributed by atoms with E-state index in [1.165, 1.54) is 0 Å². The molecule has 1 aromatic carbocycles. The fourth-order valence-corrected chi connectivity index (χ4v) is 1.95. The van der Waals surface area contributed by atoms with E-state index in [9.17, 15) is 4.79 Å². The smallest absolute Gasteiger partial charge is 0.246 e. The van der Waals surface area contributed by atoms with E-state index < -0.39 is 6.04 Å². The molecule has 1 amide bonds. The Hall–Kier alpha value is -2.34. The number of aryl methyl sites for hydroxylation is 1. The van der Waals surface area contributed by atoms with Crippen LogP contribution in [-0.4, -0.2) is 29.8 Å². The number of anilines is 1. The van der Waals surface area contributed by atoms with Crippen LogP contribution in [0.3, 0.4) is 0 Å². The molecular weight excluding hydrogens is 256 g/mol. The maximum Gasteiger partial charge on any atom is 0.246 e. The summed E-state index contributed by atoms with van der Waals surface area (Å²) in [6, 6.07) is 6.79. The lowest BCUT2D eigenvalue weighted by atomic mass is 10.1. The van der Waals surface area contributed by atoms with E-state index in [0.29, 0.717) is 11.4 Å². The number of nitrogens with one attached hydrogen (secondary N) is 2. The van der Waals surface area contributed by atoms with Gasteiger partial charge in [-0.05, 0) is 19.2 Å². The van der Waals surface area contributed by atoms with Gasteiger partial charge in [-0.15, -0.1) is 0 Å². The number of likely N-dealkylation sites (N-methyl/N-ethyl adjacent to an activating group) is 1. The van der Waals surface area contributed by atoms with Crippen molar-refractivity contribution in [1.82, 2.24) is 15.1 Å². The molecule has 2 rings (SSSR count). The van der Waals surface area contributed by atoms with Gasteiger partial charge < -0.3 is 15.4 Å². The van der Waals surface area contributed by atoms with E-state index in [2.05, 4.69) is 15.7 Å². The van der Waals surface area contributed by atoms with Crippen LogP contribution in [-0.2, 0) is 11.8 Å².